The molecule has 4 aromatic rings. The molecule has 2 fully saturated rings. The summed E-state index contributed by atoms with van der Waals surface area (Å²) in [5.41, 5.74) is 6.07. The standard InChI is InChI=1S/C20H21FN2O.C19H18FNO2/c1-22-14-17-12-16(13-19(21)20(17)24)5-4-15-6-8-18(9-7-15)23-10-2-3-11-23;20-18-12-15(11-16(13-22)19(18)23)4-3-14-5-7-17(8-6-14)21-9-1-2-10-21/h4-9,12-14,24H,2-3,10-11H2,1H3;3-8,11-13,23H,1-2,9-10H2/b5-4+,22-14?;4-3+. The second-order valence-corrected chi connectivity index (χ2v) is 11.6. The number of carbonyl (C=O) groups excluding carboxylic acids is 1. The predicted molar refractivity (Wildman–Crippen MR) is 189 cm³/mol. The Bertz CT molecular complexity index is 1750. The van der Waals surface area contributed by atoms with Crippen molar-refractivity contribution in [3.8, 4) is 11.5 Å². The molecule has 0 amide bonds. The number of hydrogen-bond acceptors (Lipinski definition) is 6. The van der Waals surface area contributed by atoms with E-state index in [0.717, 1.165) is 37.3 Å². The van der Waals surface area contributed by atoms with Crippen molar-refractivity contribution in [2.45, 2.75) is 25.7 Å². The van der Waals surface area contributed by atoms with E-state index in [1.54, 1.807) is 19.2 Å². The molecule has 0 aromatic heterocycles. The van der Waals surface area contributed by atoms with Crippen LogP contribution in [0.15, 0.2) is 77.8 Å². The van der Waals surface area contributed by atoms with Crippen LogP contribution < -0.4 is 9.80 Å². The summed E-state index contributed by atoms with van der Waals surface area (Å²) in [6, 6.07) is 22.3. The first kappa shape index (κ1) is 33.1. The topological polar surface area (TPSA) is 76.4 Å². The van der Waals surface area contributed by atoms with Crippen molar-refractivity contribution in [2.75, 3.05) is 43.0 Å². The zero-order chi connectivity index (χ0) is 33.2. The Hall–Kier alpha value is -5.24. The van der Waals surface area contributed by atoms with Gasteiger partial charge in [-0.3, -0.25) is 9.79 Å². The molecule has 47 heavy (non-hydrogen) atoms. The number of aliphatic imine (C=N–C) groups is 1. The smallest absolute Gasteiger partial charge is 0.166 e. The summed E-state index contributed by atoms with van der Waals surface area (Å²) in [6.07, 6.45) is 14.2. The molecule has 6 rings (SSSR count). The summed E-state index contributed by atoms with van der Waals surface area (Å²) < 4.78 is 27.3. The van der Waals surface area contributed by atoms with Crippen molar-refractivity contribution in [2.24, 2.45) is 4.99 Å². The van der Waals surface area contributed by atoms with Crippen molar-refractivity contribution >= 4 is 48.2 Å². The van der Waals surface area contributed by atoms with E-state index in [1.807, 2.05) is 30.4 Å². The van der Waals surface area contributed by atoms with Crippen LogP contribution in [0.3, 0.4) is 0 Å². The van der Waals surface area contributed by atoms with E-state index in [9.17, 15) is 23.8 Å². The van der Waals surface area contributed by atoms with Crippen LogP contribution in [-0.4, -0.2) is 55.9 Å². The van der Waals surface area contributed by atoms with Gasteiger partial charge >= 0.3 is 0 Å². The fourth-order valence-corrected chi connectivity index (χ4v) is 5.73. The van der Waals surface area contributed by atoms with Crippen molar-refractivity contribution in [3.05, 3.63) is 118 Å². The third-order valence-electron chi connectivity index (χ3n) is 8.29. The van der Waals surface area contributed by atoms with E-state index in [0.29, 0.717) is 23.0 Å². The second-order valence-electron chi connectivity index (χ2n) is 11.6. The quantitative estimate of drug-likeness (QED) is 0.115. The molecular formula is C39H39F2N3O3. The van der Waals surface area contributed by atoms with Crippen LogP contribution in [0.1, 0.15) is 63.9 Å². The van der Waals surface area contributed by atoms with Crippen LogP contribution >= 0.6 is 0 Å². The number of aromatic hydroxyl groups is 2. The highest BCUT2D eigenvalue weighted by molar-refractivity contribution is 5.85. The van der Waals surface area contributed by atoms with Crippen LogP contribution in [0.25, 0.3) is 24.3 Å². The Kier molecular flexibility index (Phi) is 11.2. The number of phenolic OH excluding ortho intramolecular Hbond substituents is 2. The SMILES string of the molecule is CN=Cc1cc(/C=C/c2ccc(N3CCCC3)cc2)cc(F)c1O.O=Cc1cc(/C=C/c2ccc(N3CCCC3)cc2)cc(F)c1O. The monoisotopic (exact) mass is 635 g/mol. The fourth-order valence-electron chi connectivity index (χ4n) is 5.73. The number of benzene rings is 4. The molecule has 0 atom stereocenters. The maximum Gasteiger partial charge on any atom is 0.166 e. The maximum absolute atomic E-state index is 13.8. The first-order valence-electron chi connectivity index (χ1n) is 15.8. The highest BCUT2D eigenvalue weighted by Gasteiger charge is 2.13. The zero-order valence-corrected chi connectivity index (χ0v) is 26.4. The summed E-state index contributed by atoms with van der Waals surface area (Å²) in [5, 5.41) is 19.1. The number of anilines is 2. The van der Waals surface area contributed by atoms with Crippen molar-refractivity contribution in [1.82, 2.24) is 0 Å². The molecule has 2 aliphatic rings. The zero-order valence-electron chi connectivity index (χ0n) is 26.4. The van der Waals surface area contributed by atoms with Gasteiger partial charge in [0.1, 0.15) is 0 Å². The minimum absolute atomic E-state index is 0.0472. The Morgan fingerprint density at radius 2 is 0.979 bits per heavy atom. The molecule has 2 heterocycles. The lowest BCUT2D eigenvalue weighted by atomic mass is 10.1. The van der Waals surface area contributed by atoms with Gasteiger partial charge in [0.15, 0.2) is 29.4 Å². The van der Waals surface area contributed by atoms with Crippen molar-refractivity contribution in [3.63, 3.8) is 0 Å². The lowest BCUT2D eigenvalue weighted by Crippen LogP contribution is -2.17. The van der Waals surface area contributed by atoms with E-state index in [4.69, 9.17) is 0 Å². The van der Waals surface area contributed by atoms with Crippen molar-refractivity contribution < 1.29 is 23.8 Å². The van der Waals surface area contributed by atoms with Gasteiger partial charge in [-0.2, -0.15) is 0 Å². The van der Waals surface area contributed by atoms with Crippen molar-refractivity contribution in [1.29, 1.82) is 0 Å². The van der Waals surface area contributed by atoms with Crippen LogP contribution in [0.5, 0.6) is 11.5 Å². The van der Waals surface area contributed by atoms with Gasteiger partial charge in [-0.25, -0.2) is 8.78 Å². The van der Waals surface area contributed by atoms with Gasteiger partial charge in [0.05, 0.1) is 5.56 Å². The molecule has 8 heteroatoms. The second kappa shape index (κ2) is 15.9. The van der Waals surface area contributed by atoms with Crippen LogP contribution in [0, 0.1) is 11.6 Å². The predicted octanol–water partition coefficient (Wildman–Crippen LogP) is 8.47. The van der Waals surface area contributed by atoms with Gasteiger partial charge in [-0.15, -0.1) is 0 Å². The van der Waals surface area contributed by atoms with Crippen LogP contribution in [0.4, 0.5) is 20.2 Å². The highest BCUT2D eigenvalue weighted by Crippen LogP contribution is 2.26. The molecule has 0 radical (unpaired) electrons. The number of aldehydes is 1. The first-order chi connectivity index (χ1) is 22.8. The molecule has 2 aliphatic heterocycles. The average Bonchev–Trinajstić information content (AvgIpc) is 3.83. The largest absolute Gasteiger partial charge is 0.504 e. The summed E-state index contributed by atoms with van der Waals surface area (Å²) in [5.74, 6) is -2.41. The number of rotatable bonds is 8. The third kappa shape index (κ3) is 8.73. The normalized spacial score (nSPS) is 14.8. The minimum Gasteiger partial charge on any atom is -0.504 e. The van der Waals surface area contributed by atoms with E-state index < -0.39 is 17.4 Å². The molecule has 6 nitrogen and oxygen atoms in total. The Morgan fingerprint density at radius 1 is 0.596 bits per heavy atom. The van der Waals surface area contributed by atoms with Gasteiger partial charge in [-0.1, -0.05) is 48.6 Å². The molecule has 2 N–H and O–H groups in total. The molecule has 0 spiro atoms. The molecule has 242 valence electrons. The molecule has 0 unspecified atom stereocenters. The number of phenols is 2. The Balaban J connectivity index is 0.000000185. The number of nitrogens with zero attached hydrogens (tertiary/aromatic N) is 3. The summed E-state index contributed by atoms with van der Waals surface area (Å²) in [4.78, 5) is 19.4. The minimum atomic E-state index is -0.793. The van der Waals surface area contributed by atoms with Gasteiger partial charge in [0.2, 0.25) is 0 Å². The summed E-state index contributed by atoms with van der Waals surface area (Å²) in [7, 11) is 1.59. The van der Waals surface area contributed by atoms with Gasteiger partial charge in [0.25, 0.3) is 0 Å². The highest BCUT2D eigenvalue weighted by atomic mass is 19.1. The lowest BCUT2D eigenvalue weighted by molar-refractivity contribution is 0.112. The van der Waals surface area contributed by atoms with Crippen LogP contribution in [0.2, 0.25) is 0 Å². The van der Waals surface area contributed by atoms with Gasteiger partial charge in [0, 0.05) is 56.4 Å². The van der Waals surface area contributed by atoms with E-state index >= 15 is 0 Å². The molecule has 0 aliphatic carbocycles. The Labute approximate surface area is 274 Å². The van der Waals surface area contributed by atoms with Gasteiger partial charge < -0.3 is 20.0 Å². The molecule has 0 saturated carbocycles. The maximum atomic E-state index is 13.8. The lowest BCUT2D eigenvalue weighted by Gasteiger charge is -2.17. The molecular weight excluding hydrogens is 596 g/mol. The molecule has 0 bridgehead atoms. The molecule has 4 aromatic carbocycles. The summed E-state index contributed by atoms with van der Waals surface area (Å²) in [6.45, 7) is 4.47. The number of halogens is 2. The third-order valence-corrected chi connectivity index (χ3v) is 8.29. The Morgan fingerprint density at radius 3 is 1.38 bits per heavy atom. The molecule has 2 saturated heterocycles. The van der Waals surface area contributed by atoms with Gasteiger partial charge in [-0.05, 0) is 96.5 Å². The number of hydrogen-bond donors (Lipinski definition) is 2. The summed E-state index contributed by atoms with van der Waals surface area (Å²) >= 11 is 0. The van der Waals surface area contributed by atoms with E-state index in [1.165, 1.54) is 61.5 Å². The number of carbonyl (C=O) groups is 1. The van der Waals surface area contributed by atoms with E-state index in [-0.39, 0.29) is 11.3 Å². The fraction of sp³-hybridized carbons (Fsp3) is 0.231. The first-order valence-corrected chi connectivity index (χ1v) is 15.8. The average molecular weight is 636 g/mol. The van der Waals surface area contributed by atoms with Crippen LogP contribution in [-0.2, 0) is 0 Å². The van der Waals surface area contributed by atoms with E-state index in [2.05, 4.69) is 51.2 Å².